The molecule has 1 aliphatic heterocycles. The number of anilines is 2. The molecule has 138 valence electrons. The predicted octanol–water partition coefficient (Wildman–Crippen LogP) is 4.36. The van der Waals surface area contributed by atoms with Crippen molar-refractivity contribution in [3.63, 3.8) is 0 Å². The molecule has 8 heteroatoms. The molecule has 1 aliphatic rings. The van der Waals surface area contributed by atoms with Crippen LogP contribution in [-0.4, -0.2) is 36.2 Å². The van der Waals surface area contributed by atoms with E-state index < -0.39 is 11.7 Å². The van der Waals surface area contributed by atoms with Crippen molar-refractivity contribution in [3.05, 3.63) is 59.9 Å². The summed E-state index contributed by atoms with van der Waals surface area (Å²) >= 11 is 5.36. The third-order valence-electron chi connectivity index (χ3n) is 4.22. The van der Waals surface area contributed by atoms with Crippen molar-refractivity contribution in [3.8, 4) is 0 Å². The first-order valence-electron chi connectivity index (χ1n) is 8.06. The third-order valence-corrected chi connectivity index (χ3v) is 4.58. The second kappa shape index (κ2) is 7.49. The van der Waals surface area contributed by atoms with Crippen molar-refractivity contribution >= 4 is 28.7 Å². The van der Waals surface area contributed by atoms with Crippen LogP contribution in [0.25, 0.3) is 0 Å². The molecule has 1 saturated heterocycles. The van der Waals surface area contributed by atoms with E-state index in [4.69, 9.17) is 12.2 Å². The monoisotopic (exact) mass is 383 g/mol. The molecule has 1 heterocycles. The summed E-state index contributed by atoms with van der Waals surface area (Å²) in [5.41, 5.74) is 0.776. The van der Waals surface area contributed by atoms with E-state index in [1.54, 1.807) is 12.1 Å². The third kappa shape index (κ3) is 4.43. The van der Waals surface area contributed by atoms with Gasteiger partial charge in [-0.2, -0.15) is 13.2 Å². The highest BCUT2D eigenvalue weighted by Crippen LogP contribution is 2.29. The summed E-state index contributed by atoms with van der Waals surface area (Å²) in [4.78, 5) is 4.10. The number of alkyl halides is 3. The molecule has 1 fully saturated rings. The summed E-state index contributed by atoms with van der Waals surface area (Å²) in [5, 5.41) is 3.45. The predicted molar refractivity (Wildman–Crippen MR) is 97.9 cm³/mol. The molecule has 0 unspecified atom stereocenters. The standard InChI is InChI=1S/C18H17F4N3S/c19-14-3-7-16(8-4-14)24-9-11-25(12-10-24)17(26)23-15-5-1-13(2-6-15)18(20,21)22/h1-8H,9-12H2,(H,23,26). The summed E-state index contributed by atoms with van der Waals surface area (Å²) in [5.74, 6) is -0.269. The number of piperazine rings is 1. The lowest BCUT2D eigenvalue weighted by molar-refractivity contribution is -0.137. The van der Waals surface area contributed by atoms with E-state index in [9.17, 15) is 17.6 Å². The molecule has 0 amide bonds. The van der Waals surface area contributed by atoms with Crippen LogP contribution < -0.4 is 10.2 Å². The van der Waals surface area contributed by atoms with Gasteiger partial charge < -0.3 is 15.1 Å². The van der Waals surface area contributed by atoms with Gasteiger partial charge >= 0.3 is 6.18 Å². The molecular weight excluding hydrogens is 366 g/mol. The number of hydrogen-bond donors (Lipinski definition) is 1. The first-order chi connectivity index (χ1) is 12.3. The molecule has 0 radical (unpaired) electrons. The van der Waals surface area contributed by atoms with Crippen LogP contribution in [0, 0.1) is 5.82 Å². The van der Waals surface area contributed by atoms with Gasteiger partial charge in [0.25, 0.3) is 0 Å². The van der Waals surface area contributed by atoms with Gasteiger partial charge in [0.05, 0.1) is 5.56 Å². The van der Waals surface area contributed by atoms with Crippen LogP contribution in [0.4, 0.5) is 28.9 Å². The average Bonchev–Trinajstić information content (AvgIpc) is 2.62. The molecule has 0 atom stereocenters. The SMILES string of the molecule is Fc1ccc(N2CCN(C(=S)Nc3ccc(C(F)(F)F)cc3)CC2)cc1. The van der Waals surface area contributed by atoms with E-state index in [1.165, 1.54) is 24.3 Å². The fourth-order valence-electron chi connectivity index (χ4n) is 2.76. The lowest BCUT2D eigenvalue weighted by Gasteiger charge is -2.37. The zero-order valence-corrected chi connectivity index (χ0v) is 14.6. The van der Waals surface area contributed by atoms with Gasteiger partial charge in [-0.15, -0.1) is 0 Å². The Morgan fingerprint density at radius 2 is 1.46 bits per heavy atom. The van der Waals surface area contributed by atoms with Crippen LogP contribution in [0.1, 0.15) is 5.56 Å². The summed E-state index contributed by atoms with van der Waals surface area (Å²) < 4.78 is 50.8. The minimum atomic E-state index is -4.35. The molecule has 1 N–H and O–H groups in total. The quantitative estimate of drug-likeness (QED) is 0.613. The maximum absolute atomic E-state index is 13.0. The second-order valence-corrected chi connectivity index (χ2v) is 6.34. The molecule has 3 nitrogen and oxygen atoms in total. The number of hydrogen-bond acceptors (Lipinski definition) is 2. The summed E-state index contributed by atoms with van der Waals surface area (Å²) in [6.45, 7) is 2.79. The highest BCUT2D eigenvalue weighted by Gasteiger charge is 2.30. The number of thiocarbonyl (C=S) groups is 1. The van der Waals surface area contributed by atoms with Crippen LogP contribution in [0.5, 0.6) is 0 Å². The van der Waals surface area contributed by atoms with Crippen molar-refractivity contribution in [1.29, 1.82) is 0 Å². The van der Waals surface area contributed by atoms with Gasteiger partial charge in [-0.25, -0.2) is 4.39 Å². The van der Waals surface area contributed by atoms with Crippen molar-refractivity contribution in [2.45, 2.75) is 6.18 Å². The first kappa shape index (κ1) is 18.4. The maximum Gasteiger partial charge on any atom is 0.416 e. The van der Waals surface area contributed by atoms with Crippen molar-refractivity contribution < 1.29 is 17.6 Å². The Morgan fingerprint density at radius 3 is 2.00 bits per heavy atom. The topological polar surface area (TPSA) is 18.5 Å². The van der Waals surface area contributed by atoms with E-state index in [-0.39, 0.29) is 5.82 Å². The molecule has 0 saturated carbocycles. The van der Waals surface area contributed by atoms with Crippen LogP contribution in [0.15, 0.2) is 48.5 Å². The zero-order valence-electron chi connectivity index (χ0n) is 13.8. The molecular formula is C18H17F4N3S. The minimum absolute atomic E-state index is 0.269. The average molecular weight is 383 g/mol. The van der Waals surface area contributed by atoms with Crippen LogP contribution >= 0.6 is 12.2 Å². The minimum Gasteiger partial charge on any atom is -0.368 e. The molecule has 0 bridgehead atoms. The van der Waals surface area contributed by atoms with Crippen LogP contribution in [0.3, 0.4) is 0 Å². The molecule has 0 spiro atoms. The number of benzene rings is 2. The zero-order chi connectivity index (χ0) is 18.7. The van der Waals surface area contributed by atoms with Gasteiger partial charge in [0.1, 0.15) is 5.82 Å². The number of halogens is 4. The van der Waals surface area contributed by atoms with E-state index in [2.05, 4.69) is 10.2 Å². The van der Waals surface area contributed by atoms with Gasteiger partial charge in [-0.05, 0) is 60.7 Å². The van der Waals surface area contributed by atoms with Crippen molar-refractivity contribution in [2.24, 2.45) is 0 Å². The number of nitrogens with zero attached hydrogens (tertiary/aromatic N) is 2. The molecule has 3 rings (SSSR count). The van der Waals surface area contributed by atoms with Crippen molar-refractivity contribution in [2.75, 3.05) is 36.4 Å². The Labute approximate surface area is 154 Å². The highest BCUT2D eigenvalue weighted by atomic mass is 32.1. The second-order valence-electron chi connectivity index (χ2n) is 5.96. The Balaban J connectivity index is 1.54. The molecule has 2 aromatic carbocycles. The van der Waals surface area contributed by atoms with E-state index in [0.29, 0.717) is 23.9 Å². The fourth-order valence-corrected chi connectivity index (χ4v) is 3.07. The van der Waals surface area contributed by atoms with Crippen molar-refractivity contribution in [1.82, 2.24) is 4.90 Å². The van der Waals surface area contributed by atoms with Crippen LogP contribution in [0.2, 0.25) is 0 Å². The normalized spacial score (nSPS) is 15.1. The van der Waals surface area contributed by atoms with E-state index in [1.807, 2.05) is 4.90 Å². The van der Waals surface area contributed by atoms with E-state index >= 15 is 0 Å². The largest absolute Gasteiger partial charge is 0.416 e. The highest BCUT2D eigenvalue weighted by molar-refractivity contribution is 7.80. The Hall–Kier alpha value is -2.35. The van der Waals surface area contributed by atoms with E-state index in [0.717, 1.165) is 30.9 Å². The maximum atomic E-state index is 13.0. The number of rotatable bonds is 2. The number of nitrogens with one attached hydrogen (secondary N) is 1. The summed E-state index contributed by atoms with van der Waals surface area (Å²) in [6.07, 6.45) is -4.35. The molecule has 0 aliphatic carbocycles. The van der Waals surface area contributed by atoms with Gasteiger partial charge in [0.2, 0.25) is 0 Å². The van der Waals surface area contributed by atoms with Gasteiger partial charge in [-0.3, -0.25) is 0 Å². The molecule has 26 heavy (non-hydrogen) atoms. The van der Waals surface area contributed by atoms with Crippen LogP contribution in [-0.2, 0) is 6.18 Å². The summed E-state index contributed by atoms with van der Waals surface area (Å²) in [7, 11) is 0. The molecule has 2 aromatic rings. The molecule has 0 aromatic heterocycles. The Kier molecular flexibility index (Phi) is 5.31. The summed E-state index contributed by atoms with van der Waals surface area (Å²) in [6, 6.07) is 11.1. The Morgan fingerprint density at radius 1 is 0.885 bits per heavy atom. The van der Waals surface area contributed by atoms with Gasteiger partial charge in [0.15, 0.2) is 5.11 Å². The fraction of sp³-hybridized carbons (Fsp3) is 0.278. The van der Waals surface area contributed by atoms with Gasteiger partial charge in [-0.1, -0.05) is 0 Å². The lowest BCUT2D eigenvalue weighted by atomic mass is 10.2. The Bertz CT molecular complexity index is 752. The first-order valence-corrected chi connectivity index (χ1v) is 8.47. The van der Waals surface area contributed by atoms with Gasteiger partial charge in [0, 0.05) is 37.6 Å². The lowest BCUT2D eigenvalue weighted by Crippen LogP contribution is -2.50. The smallest absolute Gasteiger partial charge is 0.368 e.